The molecule has 29 heavy (non-hydrogen) atoms. The quantitative estimate of drug-likeness (QED) is 0.186. The predicted octanol–water partition coefficient (Wildman–Crippen LogP) is 3.47. The van der Waals surface area contributed by atoms with Crippen molar-refractivity contribution in [1.29, 1.82) is 0 Å². The number of fused-ring (bicyclic) bond motifs is 1. The molecular formula is C19H17N4O5S-. The van der Waals surface area contributed by atoms with Gasteiger partial charge in [-0.25, -0.2) is 0 Å². The van der Waals surface area contributed by atoms with Crippen LogP contribution in [0.15, 0.2) is 48.0 Å². The summed E-state index contributed by atoms with van der Waals surface area (Å²) >= 11 is 5.27. The summed E-state index contributed by atoms with van der Waals surface area (Å²) in [5.41, 5.74) is 1.17. The third kappa shape index (κ3) is 4.19. The van der Waals surface area contributed by atoms with E-state index in [0.717, 1.165) is 0 Å². The largest absolute Gasteiger partial charge is 0.733 e. The highest BCUT2D eigenvalue weighted by Gasteiger charge is 2.18. The molecule has 0 spiro atoms. The fourth-order valence-electron chi connectivity index (χ4n) is 2.73. The molecule has 3 rings (SSSR count). The van der Waals surface area contributed by atoms with Crippen molar-refractivity contribution >= 4 is 52.5 Å². The van der Waals surface area contributed by atoms with Gasteiger partial charge in [-0.15, -0.1) is 0 Å². The zero-order valence-electron chi connectivity index (χ0n) is 15.5. The van der Waals surface area contributed by atoms with Crippen molar-refractivity contribution in [3.63, 3.8) is 0 Å². The molecule has 10 heteroatoms. The first-order chi connectivity index (χ1) is 13.8. The lowest BCUT2D eigenvalue weighted by atomic mass is 10.1. The molecule has 0 unspecified atom stereocenters. The van der Waals surface area contributed by atoms with Crippen molar-refractivity contribution in [2.75, 3.05) is 17.7 Å². The summed E-state index contributed by atoms with van der Waals surface area (Å²) in [6.45, 7) is 1.25. The number of rotatable bonds is 6. The number of methoxy groups -OCH3 is 1. The van der Waals surface area contributed by atoms with Gasteiger partial charge in [-0.2, -0.15) is 0 Å². The third-order valence-corrected chi connectivity index (χ3v) is 4.46. The van der Waals surface area contributed by atoms with E-state index in [1.807, 2.05) is 0 Å². The maximum Gasteiger partial charge on any atom is 0.260 e. The number of H-pyrrole nitrogens is 1. The van der Waals surface area contributed by atoms with E-state index in [4.69, 9.17) is 22.2 Å². The SMILES string of the molecule is COc1ccccc1NC(=O)/C(=C\n1c(=S)[nH]c2ccc(N([O-])O)cc21)C(C)=O. The van der Waals surface area contributed by atoms with E-state index >= 15 is 0 Å². The number of carbonyl (C=O) groups excluding carboxylic acids is 2. The van der Waals surface area contributed by atoms with Gasteiger partial charge in [-0.3, -0.25) is 19.4 Å². The standard InChI is InChI=1S/C19H17N4O5S/c1-11(24)13(18(25)20-15-5-3-4-6-17(15)28-2)10-22-16-9-12(23(26)27)7-8-14(16)21-19(22)29/h3-10,26H,1-2H3,(H,20,25)(H,21,29)/q-1/b13-10-. The number of amides is 1. The minimum Gasteiger partial charge on any atom is -0.733 e. The van der Waals surface area contributed by atoms with E-state index < -0.39 is 11.7 Å². The zero-order valence-corrected chi connectivity index (χ0v) is 16.3. The van der Waals surface area contributed by atoms with Gasteiger partial charge in [0.2, 0.25) is 0 Å². The van der Waals surface area contributed by atoms with Gasteiger partial charge < -0.3 is 25.5 Å². The van der Waals surface area contributed by atoms with Crippen LogP contribution >= 0.6 is 12.2 Å². The van der Waals surface area contributed by atoms with Crippen LogP contribution in [0.25, 0.3) is 17.2 Å². The van der Waals surface area contributed by atoms with Crippen LogP contribution in [-0.4, -0.2) is 33.6 Å². The van der Waals surface area contributed by atoms with E-state index in [1.54, 1.807) is 30.3 Å². The average Bonchev–Trinajstić information content (AvgIpc) is 3.00. The molecule has 0 aliphatic rings. The van der Waals surface area contributed by atoms with Gasteiger partial charge in [0.05, 0.1) is 35.1 Å². The molecule has 150 valence electrons. The molecule has 0 aliphatic carbocycles. The lowest BCUT2D eigenvalue weighted by Gasteiger charge is -2.21. The molecule has 0 fully saturated rings. The highest BCUT2D eigenvalue weighted by molar-refractivity contribution is 7.71. The number of nitrogens with one attached hydrogen (secondary N) is 2. The molecule has 0 saturated heterocycles. The second kappa shape index (κ2) is 8.27. The Balaban J connectivity index is 2.06. The molecule has 1 aromatic heterocycles. The smallest absolute Gasteiger partial charge is 0.260 e. The summed E-state index contributed by atoms with van der Waals surface area (Å²) in [6.07, 6.45) is 1.28. The molecule has 0 saturated carbocycles. The number of nitrogens with zero attached hydrogens (tertiary/aromatic N) is 2. The zero-order chi connectivity index (χ0) is 21.1. The van der Waals surface area contributed by atoms with E-state index in [0.29, 0.717) is 22.5 Å². The first-order valence-corrected chi connectivity index (χ1v) is 8.80. The number of anilines is 2. The molecular weight excluding hydrogens is 396 g/mol. The Morgan fingerprint density at radius 2 is 2.03 bits per heavy atom. The molecule has 2 aromatic carbocycles. The van der Waals surface area contributed by atoms with Crippen LogP contribution in [0.5, 0.6) is 5.75 Å². The minimum absolute atomic E-state index is 0.0310. The highest BCUT2D eigenvalue weighted by Crippen LogP contribution is 2.25. The van der Waals surface area contributed by atoms with Crippen molar-refractivity contribution in [2.45, 2.75) is 6.92 Å². The summed E-state index contributed by atoms with van der Waals surface area (Å²) in [5, 5.41) is 22.7. The van der Waals surface area contributed by atoms with Crippen molar-refractivity contribution in [3.05, 3.63) is 58.0 Å². The lowest BCUT2D eigenvalue weighted by molar-refractivity contribution is -0.118. The Morgan fingerprint density at radius 3 is 2.69 bits per heavy atom. The summed E-state index contributed by atoms with van der Waals surface area (Å²) in [4.78, 5) is 27.8. The number of hydrogen-bond donors (Lipinski definition) is 3. The monoisotopic (exact) mass is 413 g/mol. The summed E-state index contributed by atoms with van der Waals surface area (Å²) < 4.78 is 6.79. The van der Waals surface area contributed by atoms with Gasteiger partial charge in [-0.05, 0) is 49.5 Å². The number of aromatic amines is 1. The van der Waals surface area contributed by atoms with Crippen LogP contribution in [0.4, 0.5) is 11.4 Å². The molecule has 9 nitrogen and oxygen atoms in total. The molecule has 0 aliphatic heterocycles. The lowest BCUT2D eigenvalue weighted by Crippen LogP contribution is -2.20. The Hall–Kier alpha value is -3.47. The Bertz CT molecular complexity index is 1180. The number of Topliss-reactive ketones (excluding diaryl/α,β-unsaturated/α-hetero) is 1. The van der Waals surface area contributed by atoms with Gasteiger partial charge in [0, 0.05) is 6.20 Å². The molecule has 3 N–H and O–H groups in total. The first kappa shape index (κ1) is 20.3. The molecule has 3 aromatic rings. The molecule has 0 atom stereocenters. The van der Waals surface area contributed by atoms with E-state index in [2.05, 4.69) is 10.3 Å². The number of hydrogen-bond acceptors (Lipinski definition) is 7. The summed E-state index contributed by atoms with van der Waals surface area (Å²) in [5.74, 6) is -0.699. The van der Waals surface area contributed by atoms with E-state index in [9.17, 15) is 14.8 Å². The van der Waals surface area contributed by atoms with Gasteiger partial charge in [0.1, 0.15) is 5.75 Å². The minimum atomic E-state index is -0.651. The van der Waals surface area contributed by atoms with Gasteiger partial charge in [0.15, 0.2) is 10.6 Å². The first-order valence-electron chi connectivity index (χ1n) is 8.39. The molecule has 1 heterocycles. The number of para-hydroxylation sites is 2. The third-order valence-electron chi connectivity index (χ3n) is 4.16. The average molecular weight is 413 g/mol. The Kier molecular flexibility index (Phi) is 5.78. The Morgan fingerprint density at radius 1 is 1.31 bits per heavy atom. The van der Waals surface area contributed by atoms with Gasteiger partial charge in [-0.1, -0.05) is 12.1 Å². The number of ketones is 1. The molecule has 1 amide bonds. The number of ether oxygens (including phenoxy) is 1. The van der Waals surface area contributed by atoms with Crippen molar-refractivity contribution in [3.8, 4) is 5.75 Å². The molecule has 0 bridgehead atoms. The van der Waals surface area contributed by atoms with Crippen LogP contribution in [0.2, 0.25) is 0 Å². The second-order valence-electron chi connectivity index (χ2n) is 6.03. The van der Waals surface area contributed by atoms with Crippen molar-refractivity contribution in [1.82, 2.24) is 9.55 Å². The maximum atomic E-state index is 12.8. The fraction of sp³-hybridized carbons (Fsp3) is 0.105. The number of aromatic nitrogens is 2. The Labute approximate surface area is 170 Å². The van der Waals surface area contributed by atoms with Crippen molar-refractivity contribution in [2.24, 2.45) is 0 Å². The number of carbonyl (C=O) groups is 2. The fourth-order valence-corrected chi connectivity index (χ4v) is 2.99. The summed E-state index contributed by atoms with van der Waals surface area (Å²) in [7, 11) is 1.47. The number of benzene rings is 2. The second-order valence-corrected chi connectivity index (χ2v) is 6.41. The predicted molar refractivity (Wildman–Crippen MR) is 111 cm³/mol. The molecule has 0 radical (unpaired) electrons. The van der Waals surface area contributed by atoms with Crippen LogP contribution in [0.1, 0.15) is 6.92 Å². The van der Waals surface area contributed by atoms with Crippen LogP contribution in [0, 0.1) is 9.98 Å². The highest BCUT2D eigenvalue weighted by atomic mass is 32.1. The van der Waals surface area contributed by atoms with E-state index in [-0.39, 0.29) is 21.3 Å². The van der Waals surface area contributed by atoms with Gasteiger partial charge >= 0.3 is 0 Å². The van der Waals surface area contributed by atoms with Crippen LogP contribution < -0.4 is 15.3 Å². The number of imidazole rings is 1. The van der Waals surface area contributed by atoms with Gasteiger partial charge in [0.25, 0.3) is 5.91 Å². The van der Waals surface area contributed by atoms with Crippen LogP contribution in [-0.2, 0) is 9.59 Å². The van der Waals surface area contributed by atoms with Crippen molar-refractivity contribution < 1.29 is 19.5 Å². The summed E-state index contributed by atoms with van der Waals surface area (Å²) in [6, 6.07) is 11.1. The van der Waals surface area contributed by atoms with E-state index in [1.165, 1.54) is 36.9 Å². The normalized spacial score (nSPS) is 11.4. The topological polar surface area (TPSA) is 123 Å². The van der Waals surface area contributed by atoms with Crippen LogP contribution in [0.3, 0.4) is 0 Å². The maximum absolute atomic E-state index is 12.8.